The van der Waals surface area contributed by atoms with Crippen molar-refractivity contribution in [3.8, 4) is 0 Å². The molecule has 1 aliphatic rings. The third-order valence-corrected chi connectivity index (χ3v) is 3.24. The van der Waals surface area contributed by atoms with E-state index in [1.54, 1.807) is 21.8 Å². The Morgan fingerprint density at radius 1 is 1.67 bits per heavy atom. The molecule has 6 heteroatoms. The molecule has 1 aliphatic heterocycles. The van der Waals surface area contributed by atoms with Crippen LogP contribution in [0.15, 0.2) is 12.3 Å². The minimum absolute atomic E-state index is 0.0247. The van der Waals surface area contributed by atoms with E-state index in [-0.39, 0.29) is 24.7 Å². The zero-order valence-corrected chi connectivity index (χ0v) is 10.8. The number of nitrogens with one attached hydrogen (secondary N) is 1. The quantitative estimate of drug-likeness (QED) is 0.855. The fourth-order valence-electron chi connectivity index (χ4n) is 2.30. The average molecular weight is 252 g/mol. The number of carbonyl (C=O) groups excluding carboxylic acids is 1. The number of hydrogen-bond donors (Lipinski definition) is 2. The largest absolute Gasteiger partial charge is 0.394 e. The minimum Gasteiger partial charge on any atom is -0.394 e. The molecule has 100 valence electrons. The zero-order chi connectivity index (χ0) is 13.1. The van der Waals surface area contributed by atoms with Crippen molar-refractivity contribution in [3.63, 3.8) is 0 Å². The predicted octanol–water partition coefficient (Wildman–Crippen LogP) is 1.45. The van der Waals surface area contributed by atoms with Gasteiger partial charge in [0.05, 0.1) is 18.8 Å². The van der Waals surface area contributed by atoms with Gasteiger partial charge in [-0.05, 0) is 26.7 Å². The van der Waals surface area contributed by atoms with Crippen molar-refractivity contribution in [1.82, 2.24) is 14.7 Å². The van der Waals surface area contributed by atoms with Crippen LogP contribution in [0.1, 0.15) is 32.7 Å². The van der Waals surface area contributed by atoms with Gasteiger partial charge in [0.1, 0.15) is 5.82 Å². The van der Waals surface area contributed by atoms with Gasteiger partial charge in [-0.1, -0.05) is 0 Å². The summed E-state index contributed by atoms with van der Waals surface area (Å²) in [6.07, 6.45) is 3.48. The second-order valence-electron chi connectivity index (χ2n) is 4.86. The number of nitrogens with zero attached hydrogens (tertiary/aromatic N) is 3. The highest BCUT2D eigenvalue weighted by atomic mass is 16.3. The van der Waals surface area contributed by atoms with E-state index in [4.69, 9.17) is 0 Å². The maximum absolute atomic E-state index is 12.1. The molecule has 0 radical (unpaired) electrons. The predicted molar refractivity (Wildman–Crippen MR) is 68.4 cm³/mol. The van der Waals surface area contributed by atoms with Crippen LogP contribution in [0.3, 0.4) is 0 Å². The molecule has 0 saturated carbocycles. The zero-order valence-electron chi connectivity index (χ0n) is 10.8. The summed E-state index contributed by atoms with van der Waals surface area (Å²) >= 11 is 0. The first-order valence-corrected chi connectivity index (χ1v) is 6.35. The summed E-state index contributed by atoms with van der Waals surface area (Å²) in [4.78, 5) is 13.8. The molecule has 6 nitrogen and oxygen atoms in total. The SMILES string of the molecule is CC(C)n1nccc1NC(=O)N1CCC[C@@H]1CO. The van der Waals surface area contributed by atoms with Crippen LogP contribution in [-0.2, 0) is 0 Å². The monoisotopic (exact) mass is 252 g/mol. The van der Waals surface area contributed by atoms with Gasteiger partial charge in [-0.2, -0.15) is 5.10 Å². The molecule has 2 N–H and O–H groups in total. The lowest BCUT2D eigenvalue weighted by molar-refractivity contribution is 0.166. The summed E-state index contributed by atoms with van der Waals surface area (Å²) in [5.41, 5.74) is 0. The molecule has 1 atom stereocenters. The molecule has 0 aliphatic carbocycles. The Balaban J connectivity index is 2.04. The molecule has 0 bridgehead atoms. The van der Waals surface area contributed by atoms with Gasteiger partial charge in [-0.15, -0.1) is 0 Å². The number of likely N-dealkylation sites (tertiary alicyclic amines) is 1. The number of aliphatic hydroxyl groups excluding tert-OH is 1. The van der Waals surface area contributed by atoms with Crippen LogP contribution in [0, 0.1) is 0 Å². The van der Waals surface area contributed by atoms with Crippen molar-refractivity contribution < 1.29 is 9.90 Å². The topological polar surface area (TPSA) is 70.4 Å². The van der Waals surface area contributed by atoms with Crippen molar-refractivity contribution in [2.75, 3.05) is 18.5 Å². The molecule has 0 spiro atoms. The van der Waals surface area contributed by atoms with E-state index in [1.165, 1.54) is 0 Å². The Morgan fingerprint density at radius 2 is 2.44 bits per heavy atom. The number of carbonyl (C=O) groups is 1. The van der Waals surface area contributed by atoms with E-state index in [9.17, 15) is 9.90 Å². The number of anilines is 1. The Labute approximate surface area is 107 Å². The maximum atomic E-state index is 12.1. The van der Waals surface area contributed by atoms with Crippen molar-refractivity contribution in [1.29, 1.82) is 0 Å². The van der Waals surface area contributed by atoms with E-state index >= 15 is 0 Å². The van der Waals surface area contributed by atoms with E-state index in [0.29, 0.717) is 12.4 Å². The van der Waals surface area contributed by atoms with Crippen molar-refractivity contribution in [3.05, 3.63) is 12.3 Å². The average Bonchev–Trinajstić information content (AvgIpc) is 2.96. The first kappa shape index (κ1) is 12.9. The third kappa shape index (κ3) is 2.48. The Hall–Kier alpha value is -1.56. The second kappa shape index (κ2) is 5.39. The molecule has 2 heterocycles. The highest BCUT2D eigenvalue weighted by molar-refractivity contribution is 5.88. The molecule has 2 rings (SSSR count). The maximum Gasteiger partial charge on any atom is 0.323 e. The lowest BCUT2D eigenvalue weighted by Gasteiger charge is -2.23. The van der Waals surface area contributed by atoms with Gasteiger partial charge >= 0.3 is 6.03 Å². The highest BCUT2D eigenvalue weighted by Gasteiger charge is 2.28. The molecule has 2 amide bonds. The lowest BCUT2D eigenvalue weighted by atomic mass is 10.2. The van der Waals surface area contributed by atoms with Crippen molar-refractivity contribution >= 4 is 11.8 Å². The summed E-state index contributed by atoms with van der Waals surface area (Å²) in [5.74, 6) is 0.693. The van der Waals surface area contributed by atoms with Crippen LogP contribution in [0.5, 0.6) is 0 Å². The summed E-state index contributed by atoms with van der Waals surface area (Å²) < 4.78 is 1.77. The van der Waals surface area contributed by atoms with Crippen LogP contribution in [0.25, 0.3) is 0 Å². The Kier molecular flexibility index (Phi) is 3.86. The van der Waals surface area contributed by atoms with E-state index < -0.39 is 0 Å². The van der Waals surface area contributed by atoms with E-state index in [1.807, 2.05) is 13.8 Å². The van der Waals surface area contributed by atoms with Gasteiger partial charge in [-0.3, -0.25) is 5.32 Å². The highest BCUT2D eigenvalue weighted by Crippen LogP contribution is 2.19. The standard InChI is InChI=1S/C12H20N4O2/c1-9(2)16-11(5-6-13-16)14-12(18)15-7-3-4-10(15)8-17/h5-6,9-10,17H,3-4,7-8H2,1-2H3,(H,14,18)/t10-/m1/s1. The normalized spacial score (nSPS) is 19.6. The first-order valence-electron chi connectivity index (χ1n) is 6.35. The van der Waals surface area contributed by atoms with Gasteiger partial charge in [0.15, 0.2) is 0 Å². The summed E-state index contributed by atoms with van der Waals surface area (Å²) in [6, 6.07) is 1.76. The molecular formula is C12H20N4O2. The number of aliphatic hydroxyl groups is 1. The van der Waals surface area contributed by atoms with Gasteiger partial charge in [0.2, 0.25) is 0 Å². The molecule has 0 unspecified atom stereocenters. The molecule has 1 fully saturated rings. The summed E-state index contributed by atoms with van der Waals surface area (Å²) in [7, 11) is 0. The van der Waals surface area contributed by atoms with Crippen LogP contribution in [-0.4, -0.2) is 45.0 Å². The number of urea groups is 1. The van der Waals surface area contributed by atoms with Crippen molar-refractivity contribution in [2.45, 2.75) is 38.8 Å². The van der Waals surface area contributed by atoms with E-state index in [2.05, 4.69) is 10.4 Å². The first-order chi connectivity index (χ1) is 8.63. The molecule has 18 heavy (non-hydrogen) atoms. The van der Waals surface area contributed by atoms with Crippen LogP contribution in [0.4, 0.5) is 10.6 Å². The fraction of sp³-hybridized carbons (Fsp3) is 0.667. The fourth-order valence-corrected chi connectivity index (χ4v) is 2.30. The molecular weight excluding hydrogens is 232 g/mol. The van der Waals surface area contributed by atoms with Crippen LogP contribution >= 0.6 is 0 Å². The van der Waals surface area contributed by atoms with Crippen LogP contribution in [0.2, 0.25) is 0 Å². The molecule has 1 saturated heterocycles. The van der Waals surface area contributed by atoms with Gasteiger partial charge in [0.25, 0.3) is 0 Å². The van der Waals surface area contributed by atoms with Gasteiger partial charge in [0, 0.05) is 18.7 Å². The summed E-state index contributed by atoms with van der Waals surface area (Å²) in [6.45, 7) is 4.74. The van der Waals surface area contributed by atoms with E-state index in [0.717, 1.165) is 12.8 Å². The van der Waals surface area contributed by atoms with Gasteiger partial charge in [-0.25, -0.2) is 9.48 Å². The molecule has 1 aromatic heterocycles. The van der Waals surface area contributed by atoms with Gasteiger partial charge < -0.3 is 10.0 Å². The smallest absolute Gasteiger partial charge is 0.323 e. The Bertz CT molecular complexity index is 416. The van der Waals surface area contributed by atoms with Crippen molar-refractivity contribution in [2.24, 2.45) is 0 Å². The summed E-state index contributed by atoms with van der Waals surface area (Å²) in [5, 5.41) is 16.2. The Morgan fingerprint density at radius 3 is 3.11 bits per heavy atom. The number of amides is 2. The lowest BCUT2D eigenvalue weighted by Crippen LogP contribution is -2.40. The van der Waals surface area contributed by atoms with Crippen LogP contribution < -0.4 is 5.32 Å². The second-order valence-corrected chi connectivity index (χ2v) is 4.86. The molecule has 0 aromatic carbocycles. The minimum atomic E-state index is -0.158. The number of aromatic nitrogens is 2. The number of rotatable bonds is 3. The third-order valence-electron chi connectivity index (χ3n) is 3.24. The molecule has 1 aromatic rings. The number of hydrogen-bond acceptors (Lipinski definition) is 3.